The van der Waals surface area contributed by atoms with Gasteiger partial charge in [-0.2, -0.15) is 0 Å². The van der Waals surface area contributed by atoms with Crippen molar-refractivity contribution in [3.05, 3.63) is 88.3 Å². The summed E-state index contributed by atoms with van der Waals surface area (Å²) in [5, 5.41) is 14.0. The van der Waals surface area contributed by atoms with Gasteiger partial charge < -0.3 is 5.11 Å². The molecule has 0 aliphatic rings. The molecular formula is C16H15N3O. The Hall–Kier alpha value is -2.55. The highest BCUT2D eigenvalue weighted by atomic mass is 16.3. The number of azide groups is 1. The Balaban J connectivity index is 2.36. The van der Waals surface area contributed by atoms with E-state index in [9.17, 15) is 5.11 Å². The third kappa shape index (κ3) is 3.48. The highest BCUT2D eigenvalue weighted by Gasteiger charge is 2.14. The first-order valence-corrected chi connectivity index (χ1v) is 6.32. The highest BCUT2D eigenvalue weighted by molar-refractivity contribution is 5.70. The van der Waals surface area contributed by atoms with Crippen molar-refractivity contribution >= 4 is 5.57 Å². The molecule has 0 aliphatic heterocycles. The van der Waals surface area contributed by atoms with Crippen LogP contribution in [0, 0.1) is 0 Å². The molecule has 0 saturated heterocycles. The van der Waals surface area contributed by atoms with Gasteiger partial charge in [0.2, 0.25) is 0 Å². The van der Waals surface area contributed by atoms with Crippen LogP contribution < -0.4 is 0 Å². The Labute approximate surface area is 117 Å². The third-order valence-electron chi connectivity index (χ3n) is 2.97. The van der Waals surface area contributed by atoms with E-state index in [1.807, 2.05) is 60.7 Å². The largest absolute Gasteiger partial charge is 0.384 e. The summed E-state index contributed by atoms with van der Waals surface area (Å²) in [5.41, 5.74) is 10.8. The number of aliphatic hydroxyl groups is 1. The summed E-state index contributed by atoms with van der Waals surface area (Å²) in [4.78, 5) is 2.73. The topological polar surface area (TPSA) is 69.0 Å². The monoisotopic (exact) mass is 265 g/mol. The summed E-state index contributed by atoms with van der Waals surface area (Å²) >= 11 is 0. The van der Waals surface area contributed by atoms with E-state index in [4.69, 9.17) is 5.53 Å². The van der Waals surface area contributed by atoms with Gasteiger partial charge >= 0.3 is 0 Å². The number of aliphatic hydroxyl groups excluding tert-OH is 1. The van der Waals surface area contributed by atoms with Crippen LogP contribution in [0.1, 0.15) is 17.2 Å². The maximum Gasteiger partial charge on any atom is 0.104 e. The quantitative estimate of drug-likeness (QED) is 0.493. The SMILES string of the molecule is [N-]=[N+]=NC/C=C(\c1ccccc1)C(O)c1ccccc1. The second-order valence-electron chi connectivity index (χ2n) is 4.25. The Bertz CT molecular complexity index is 617. The van der Waals surface area contributed by atoms with Gasteiger partial charge in [0.15, 0.2) is 0 Å². The number of rotatable bonds is 5. The molecule has 1 atom stereocenters. The van der Waals surface area contributed by atoms with Crippen LogP contribution in [0.3, 0.4) is 0 Å². The van der Waals surface area contributed by atoms with E-state index < -0.39 is 6.10 Å². The number of hydrogen-bond acceptors (Lipinski definition) is 2. The molecule has 0 fully saturated rings. The summed E-state index contributed by atoms with van der Waals surface area (Å²) in [6, 6.07) is 19.0. The standard InChI is InChI=1S/C16H15N3O/c17-19-18-12-11-15(13-7-3-1-4-8-13)16(20)14-9-5-2-6-10-14/h1-11,16,20H,12H2/b15-11+. The fourth-order valence-corrected chi connectivity index (χ4v) is 2.01. The molecule has 0 aliphatic carbocycles. The van der Waals surface area contributed by atoms with Crippen molar-refractivity contribution in [2.24, 2.45) is 5.11 Å². The van der Waals surface area contributed by atoms with E-state index >= 15 is 0 Å². The summed E-state index contributed by atoms with van der Waals surface area (Å²) in [7, 11) is 0. The van der Waals surface area contributed by atoms with Crippen molar-refractivity contribution in [3.63, 3.8) is 0 Å². The first kappa shape index (κ1) is 13.9. The molecular weight excluding hydrogens is 250 g/mol. The molecule has 0 aromatic heterocycles. The van der Waals surface area contributed by atoms with Crippen molar-refractivity contribution in [3.8, 4) is 0 Å². The van der Waals surface area contributed by atoms with Gasteiger partial charge in [0.25, 0.3) is 0 Å². The Kier molecular flexibility index (Phi) is 4.95. The van der Waals surface area contributed by atoms with Crippen LogP contribution in [0.25, 0.3) is 16.0 Å². The highest BCUT2D eigenvalue weighted by Crippen LogP contribution is 2.29. The van der Waals surface area contributed by atoms with E-state index in [0.29, 0.717) is 0 Å². The zero-order valence-electron chi connectivity index (χ0n) is 10.9. The van der Waals surface area contributed by atoms with Crippen LogP contribution in [0.15, 0.2) is 71.9 Å². The zero-order valence-corrected chi connectivity index (χ0v) is 10.9. The van der Waals surface area contributed by atoms with Crippen LogP contribution in [0.2, 0.25) is 0 Å². The average molecular weight is 265 g/mol. The van der Waals surface area contributed by atoms with Gasteiger partial charge in [-0.25, -0.2) is 0 Å². The molecule has 2 aromatic carbocycles. The molecule has 0 amide bonds. The molecule has 0 saturated carbocycles. The van der Waals surface area contributed by atoms with Gasteiger partial charge in [0.1, 0.15) is 6.10 Å². The van der Waals surface area contributed by atoms with Gasteiger partial charge in [0, 0.05) is 11.5 Å². The van der Waals surface area contributed by atoms with Gasteiger partial charge in [-0.3, -0.25) is 0 Å². The maximum atomic E-state index is 10.5. The van der Waals surface area contributed by atoms with Crippen molar-refractivity contribution in [1.29, 1.82) is 0 Å². The number of nitrogens with zero attached hydrogens (tertiary/aromatic N) is 3. The van der Waals surface area contributed by atoms with Crippen molar-refractivity contribution in [1.82, 2.24) is 0 Å². The molecule has 1 N–H and O–H groups in total. The molecule has 4 heteroatoms. The normalized spacial score (nSPS) is 12.6. The molecule has 20 heavy (non-hydrogen) atoms. The molecule has 100 valence electrons. The van der Waals surface area contributed by atoms with Crippen molar-refractivity contribution < 1.29 is 5.11 Å². The fourth-order valence-electron chi connectivity index (χ4n) is 2.01. The van der Waals surface area contributed by atoms with Crippen LogP contribution in [-0.2, 0) is 0 Å². The summed E-state index contributed by atoms with van der Waals surface area (Å²) < 4.78 is 0. The van der Waals surface area contributed by atoms with E-state index in [-0.39, 0.29) is 6.54 Å². The van der Waals surface area contributed by atoms with Gasteiger partial charge in [0.05, 0.1) is 0 Å². The molecule has 0 spiro atoms. The first-order chi connectivity index (χ1) is 9.83. The lowest BCUT2D eigenvalue weighted by molar-refractivity contribution is 0.238. The van der Waals surface area contributed by atoms with Crippen LogP contribution in [-0.4, -0.2) is 11.7 Å². The molecule has 0 heterocycles. The average Bonchev–Trinajstić information content (AvgIpc) is 2.53. The Morgan fingerprint density at radius 2 is 1.70 bits per heavy atom. The fraction of sp³-hybridized carbons (Fsp3) is 0.125. The summed E-state index contributed by atoms with van der Waals surface area (Å²) in [5.74, 6) is 0. The van der Waals surface area contributed by atoms with E-state index in [1.54, 1.807) is 6.08 Å². The minimum atomic E-state index is -0.743. The lowest BCUT2D eigenvalue weighted by Crippen LogP contribution is -2.01. The van der Waals surface area contributed by atoms with Gasteiger partial charge in [-0.1, -0.05) is 71.9 Å². The van der Waals surface area contributed by atoms with Gasteiger partial charge in [-0.15, -0.1) is 0 Å². The number of hydrogen-bond donors (Lipinski definition) is 1. The molecule has 0 bridgehead atoms. The van der Waals surface area contributed by atoms with Crippen LogP contribution in [0.4, 0.5) is 0 Å². The van der Waals surface area contributed by atoms with Crippen molar-refractivity contribution in [2.45, 2.75) is 6.10 Å². The molecule has 2 aromatic rings. The summed E-state index contributed by atoms with van der Waals surface area (Å²) in [6.07, 6.45) is 1.01. The third-order valence-corrected chi connectivity index (χ3v) is 2.97. The smallest absolute Gasteiger partial charge is 0.104 e. The minimum absolute atomic E-state index is 0.213. The minimum Gasteiger partial charge on any atom is -0.384 e. The predicted octanol–water partition coefficient (Wildman–Crippen LogP) is 4.11. The predicted molar refractivity (Wildman–Crippen MR) is 79.8 cm³/mol. The van der Waals surface area contributed by atoms with E-state index in [2.05, 4.69) is 10.0 Å². The summed E-state index contributed by atoms with van der Waals surface area (Å²) in [6.45, 7) is 0.213. The zero-order chi connectivity index (χ0) is 14.2. The second kappa shape index (κ2) is 7.14. The van der Waals surface area contributed by atoms with Crippen molar-refractivity contribution in [2.75, 3.05) is 6.54 Å². The Morgan fingerprint density at radius 3 is 2.30 bits per heavy atom. The van der Waals surface area contributed by atoms with Crippen LogP contribution >= 0.6 is 0 Å². The maximum absolute atomic E-state index is 10.5. The first-order valence-electron chi connectivity index (χ1n) is 6.32. The molecule has 1 unspecified atom stereocenters. The van der Waals surface area contributed by atoms with Crippen LogP contribution in [0.5, 0.6) is 0 Å². The number of benzene rings is 2. The van der Waals surface area contributed by atoms with E-state index in [0.717, 1.165) is 16.7 Å². The molecule has 0 radical (unpaired) electrons. The second-order valence-corrected chi connectivity index (χ2v) is 4.25. The van der Waals surface area contributed by atoms with E-state index in [1.165, 1.54) is 0 Å². The Morgan fingerprint density at radius 1 is 1.10 bits per heavy atom. The molecule has 4 nitrogen and oxygen atoms in total. The lowest BCUT2D eigenvalue weighted by Gasteiger charge is -2.16. The lowest BCUT2D eigenvalue weighted by atomic mass is 9.95. The van der Waals surface area contributed by atoms with Gasteiger partial charge in [-0.05, 0) is 22.2 Å². The molecule has 2 rings (SSSR count).